The molecule has 2 N–H and O–H groups in total. The molecule has 1 saturated heterocycles. The van der Waals surface area contributed by atoms with Crippen molar-refractivity contribution in [1.29, 1.82) is 5.26 Å². The van der Waals surface area contributed by atoms with Gasteiger partial charge in [-0.25, -0.2) is 4.79 Å². The van der Waals surface area contributed by atoms with Gasteiger partial charge in [-0.05, 0) is 31.0 Å². The van der Waals surface area contributed by atoms with Gasteiger partial charge >= 0.3 is 6.09 Å². The van der Waals surface area contributed by atoms with E-state index in [1.54, 1.807) is 42.3 Å². The van der Waals surface area contributed by atoms with Crippen LogP contribution in [0.2, 0.25) is 0 Å². The summed E-state index contributed by atoms with van der Waals surface area (Å²) in [7, 11) is 0. The Labute approximate surface area is 158 Å². The Hall–Kier alpha value is -3.21. The van der Waals surface area contributed by atoms with Gasteiger partial charge in [0.1, 0.15) is 17.4 Å². The lowest BCUT2D eigenvalue weighted by Gasteiger charge is -2.33. The van der Waals surface area contributed by atoms with E-state index >= 15 is 0 Å². The maximum absolute atomic E-state index is 12.2. The van der Waals surface area contributed by atoms with Crippen molar-refractivity contribution >= 4 is 12.0 Å². The first-order valence-corrected chi connectivity index (χ1v) is 8.87. The van der Waals surface area contributed by atoms with E-state index in [-0.39, 0.29) is 17.4 Å². The molecule has 1 aliphatic rings. The predicted octanol–water partition coefficient (Wildman–Crippen LogP) is 1.23. The molecule has 1 aromatic rings. The molecule has 144 valence electrons. The highest BCUT2D eigenvalue weighted by Crippen LogP contribution is 2.10. The maximum Gasteiger partial charge on any atom is 0.409 e. The number of piperazine rings is 1. The standard InChI is InChI=1S/C19H24N4O4/c1-2-27-19(26)23-11-9-22(10-12-23)14-16(13-20)18(25)21-8-7-15-3-5-17(24)6-4-15/h3-6,14,24H,2,7-12H2,1H3,(H,21,25)/b16-14-. The van der Waals surface area contributed by atoms with Gasteiger partial charge in [-0.3, -0.25) is 4.79 Å². The van der Waals surface area contributed by atoms with E-state index in [2.05, 4.69) is 5.32 Å². The van der Waals surface area contributed by atoms with Crippen LogP contribution in [0.1, 0.15) is 12.5 Å². The molecule has 1 heterocycles. The summed E-state index contributed by atoms with van der Waals surface area (Å²) in [4.78, 5) is 27.3. The normalized spacial score (nSPS) is 14.4. The van der Waals surface area contributed by atoms with Gasteiger partial charge in [-0.2, -0.15) is 5.26 Å². The van der Waals surface area contributed by atoms with Gasteiger partial charge in [-0.15, -0.1) is 0 Å². The van der Waals surface area contributed by atoms with Crippen LogP contribution >= 0.6 is 0 Å². The molecular formula is C19H24N4O4. The fourth-order valence-electron chi connectivity index (χ4n) is 2.65. The molecule has 0 bridgehead atoms. The largest absolute Gasteiger partial charge is 0.508 e. The summed E-state index contributed by atoms with van der Waals surface area (Å²) in [6.45, 7) is 4.51. The Balaban J connectivity index is 1.81. The Bertz CT molecular complexity index is 716. The zero-order valence-electron chi connectivity index (χ0n) is 15.4. The van der Waals surface area contributed by atoms with E-state index in [0.29, 0.717) is 45.8 Å². The number of phenols is 1. The van der Waals surface area contributed by atoms with Crippen LogP contribution < -0.4 is 5.32 Å². The number of carbonyl (C=O) groups excluding carboxylic acids is 2. The molecule has 0 radical (unpaired) electrons. The third-order valence-electron chi connectivity index (χ3n) is 4.15. The number of hydrogen-bond donors (Lipinski definition) is 2. The second kappa shape index (κ2) is 10.1. The summed E-state index contributed by atoms with van der Waals surface area (Å²) in [6.07, 6.45) is 1.80. The first-order chi connectivity index (χ1) is 13.0. The summed E-state index contributed by atoms with van der Waals surface area (Å²) in [5.74, 6) is -0.232. The Morgan fingerprint density at radius 3 is 2.52 bits per heavy atom. The van der Waals surface area contributed by atoms with Crippen LogP contribution in [-0.4, -0.2) is 66.2 Å². The number of nitrogens with one attached hydrogen (secondary N) is 1. The molecular weight excluding hydrogens is 348 g/mol. The minimum Gasteiger partial charge on any atom is -0.508 e. The molecule has 8 nitrogen and oxygen atoms in total. The monoisotopic (exact) mass is 372 g/mol. The molecule has 1 aromatic carbocycles. The number of hydrogen-bond acceptors (Lipinski definition) is 6. The van der Waals surface area contributed by atoms with Gasteiger partial charge < -0.3 is 25.0 Å². The first kappa shape index (κ1) is 20.1. The fraction of sp³-hybridized carbons (Fsp3) is 0.421. The van der Waals surface area contributed by atoms with E-state index in [0.717, 1.165) is 5.56 Å². The van der Waals surface area contributed by atoms with Crippen molar-refractivity contribution in [2.24, 2.45) is 0 Å². The molecule has 8 heteroatoms. The number of benzene rings is 1. The van der Waals surface area contributed by atoms with Crippen LogP contribution in [0, 0.1) is 11.3 Å². The van der Waals surface area contributed by atoms with Crippen molar-refractivity contribution in [1.82, 2.24) is 15.1 Å². The Morgan fingerprint density at radius 2 is 1.93 bits per heavy atom. The molecule has 2 rings (SSSR count). The Kier molecular flexibility index (Phi) is 7.49. The summed E-state index contributed by atoms with van der Waals surface area (Å²) in [5.41, 5.74) is 1.01. The topological polar surface area (TPSA) is 106 Å². The molecule has 2 amide bonds. The van der Waals surface area contributed by atoms with Gasteiger partial charge in [-0.1, -0.05) is 12.1 Å². The molecule has 0 atom stereocenters. The third-order valence-corrected chi connectivity index (χ3v) is 4.15. The molecule has 0 unspecified atom stereocenters. The first-order valence-electron chi connectivity index (χ1n) is 8.87. The highest BCUT2D eigenvalue weighted by atomic mass is 16.6. The fourth-order valence-corrected chi connectivity index (χ4v) is 2.65. The predicted molar refractivity (Wildman–Crippen MR) is 98.7 cm³/mol. The second-order valence-corrected chi connectivity index (χ2v) is 6.05. The van der Waals surface area contributed by atoms with Crippen molar-refractivity contribution in [2.45, 2.75) is 13.3 Å². The van der Waals surface area contributed by atoms with E-state index in [1.807, 2.05) is 11.0 Å². The van der Waals surface area contributed by atoms with Crippen LogP contribution in [-0.2, 0) is 16.0 Å². The highest BCUT2D eigenvalue weighted by Gasteiger charge is 2.21. The maximum atomic E-state index is 12.2. The van der Waals surface area contributed by atoms with Gasteiger partial charge in [0, 0.05) is 38.9 Å². The van der Waals surface area contributed by atoms with Gasteiger partial charge in [0.2, 0.25) is 0 Å². The van der Waals surface area contributed by atoms with Gasteiger partial charge in [0.05, 0.1) is 6.61 Å². The van der Waals surface area contributed by atoms with Gasteiger partial charge in [0.25, 0.3) is 5.91 Å². The van der Waals surface area contributed by atoms with Crippen molar-refractivity contribution in [2.75, 3.05) is 39.3 Å². The minimum atomic E-state index is -0.427. The van der Waals surface area contributed by atoms with Crippen molar-refractivity contribution < 1.29 is 19.4 Å². The van der Waals surface area contributed by atoms with Crippen molar-refractivity contribution in [3.05, 3.63) is 41.6 Å². The molecule has 1 fully saturated rings. The van der Waals surface area contributed by atoms with Crippen molar-refractivity contribution in [3.8, 4) is 11.8 Å². The molecule has 0 aromatic heterocycles. The number of nitrogens with zero attached hydrogens (tertiary/aromatic N) is 3. The zero-order chi connectivity index (χ0) is 19.6. The number of aromatic hydroxyl groups is 1. The van der Waals surface area contributed by atoms with E-state index in [9.17, 15) is 20.0 Å². The highest BCUT2D eigenvalue weighted by molar-refractivity contribution is 5.97. The lowest BCUT2D eigenvalue weighted by molar-refractivity contribution is -0.117. The smallest absolute Gasteiger partial charge is 0.409 e. The van der Waals surface area contributed by atoms with E-state index < -0.39 is 5.91 Å². The summed E-state index contributed by atoms with van der Waals surface area (Å²) >= 11 is 0. The van der Waals surface area contributed by atoms with Crippen LogP contribution in [0.25, 0.3) is 0 Å². The average Bonchev–Trinajstić information content (AvgIpc) is 2.68. The van der Waals surface area contributed by atoms with Crippen molar-refractivity contribution in [3.63, 3.8) is 0 Å². The average molecular weight is 372 g/mol. The lowest BCUT2D eigenvalue weighted by Crippen LogP contribution is -2.47. The molecule has 0 spiro atoms. The van der Waals surface area contributed by atoms with E-state index in [4.69, 9.17) is 4.74 Å². The number of ether oxygens (including phenoxy) is 1. The lowest BCUT2D eigenvalue weighted by atomic mass is 10.1. The van der Waals surface area contributed by atoms with E-state index in [1.165, 1.54) is 0 Å². The van der Waals surface area contributed by atoms with Crippen LogP contribution in [0.3, 0.4) is 0 Å². The Morgan fingerprint density at radius 1 is 1.26 bits per heavy atom. The number of rotatable bonds is 6. The number of nitriles is 1. The van der Waals surface area contributed by atoms with Crippen LogP contribution in [0.4, 0.5) is 4.79 Å². The molecule has 0 aliphatic carbocycles. The van der Waals surface area contributed by atoms with Crippen LogP contribution in [0.15, 0.2) is 36.0 Å². The molecule has 0 saturated carbocycles. The second-order valence-electron chi connectivity index (χ2n) is 6.05. The number of carbonyl (C=O) groups is 2. The quantitative estimate of drug-likeness (QED) is 0.575. The third kappa shape index (κ3) is 6.22. The summed E-state index contributed by atoms with van der Waals surface area (Å²) in [5, 5.41) is 21.3. The summed E-state index contributed by atoms with van der Waals surface area (Å²) in [6, 6.07) is 8.68. The zero-order valence-corrected chi connectivity index (χ0v) is 15.4. The van der Waals surface area contributed by atoms with Crippen LogP contribution in [0.5, 0.6) is 5.75 Å². The summed E-state index contributed by atoms with van der Waals surface area (Å²) < 4.78 is 4.97. The number of phenolic OH excluding ortho intramolecular Hbond substituents is 1. The minimum absolute atomic E-state index is 0.0327. The molecule has 1 aliphatic heterocycles. The number of amides is 2. The molecule has 27 heavy (non-hydrogen) atoms. The van der Waals surface area contributed by atoms with Gasteiger partial charge in [0.15, 0.2) is 0 Å². The SMILES string of the molecule is CCOC(=O)N1CCN(/C=C(/C#N)C(=O)NCCc2ccc(O)cc2)CC1.